The van der Waals surface area contributed by atoms with Crippen LogP contribution in [0.5, 0.6) is 0 Å². The topological polar surface area (TPSA) is 20.3 Å². The summed E-state index contributed by atoms with van der Waals surface area (Å²) < 4.78 is 0. The van der Waals surface area contributed by atoms with Crippen molar-refractivity contribution < 1.29 is 4.79 Å². The molecule has 1 amide bonds. The molecule has 1 aliphatic rings. The van der Waals surface area contributed by atoms with Crippen LogP contribution in [0.1, 0.15) is 75.2 Å². The smallest absolute Gasteiger partial charge is 0.225 e. The second-order valence-corrected chi connectivity index (χ2v) is 5.35. The molecule has 0 aromatic carbocycles. The molecule has 3 unspecified atom stereocenters. The number of likely N-dealkylation sites (tertiary alicyclic amines) is 1. The molecule has 0 bridgehead atoms. The van der Waals surface area contributed by atoms with E-state index in [4.69, 9.17) is 0 Å². The predicted molar refractivity (Wildman–Crippen MR) is 86.3 cm³/mol. The van der Waals surface area contributed by atoms with Crippen LogP contribution in [-0.2, 0) is 4.79 Å². The highest BCUT2D eigenvalue weighted by Crippen LogP contribution is 2.26. The Kier molecular flexibility index (Phi) is 12.4. The highest BCUT2D eigenvalue weighted by molar-refractivity contribution is 5.79. The van der Waals surface area contributed by atoms with Crippen LogP contribution in [0.25, 0.3) is 0 Å². The normalized spacial score (nSPS) is 24.6. The highest BCUT2D eigenvalue weighted by atomic mass is 16.2. The van der Waals surface area contributed by atoms with E-state index < -0.39 is 0 Å². The number of rotatable bonds is 3. The maximum Gasteiger partial charge on any atom is 0.225 e. The monoisotopic (exact) mass is 271 g/mol. The summed E-state index contributed by atoms with van der Waals surface area (Å²) in [6.45, 7) is 19.8. The summed E-state index contributed by atoms with van der Waals surface area (Å²) in [6, 6.07) is 0.444. The number of hydrogen-bond donors (Lipinski definition) is 0. The molecule has 2 nitrogen and oxygen atoms in total. The van der Waals surface area contributed by atoms with Crippen LogP contribution in [0.3, 0.4) is 0 Å². The number of hydrogen-bond acceptors (Lipinski definition) is 1. The lowest BCUT2D eigenvalue weighted by atomic mass is 9.92. The molecule has 1 saturated heterocycles. The van der Waals surface area contributed by atoms with Gasteiger partial charge in [-0.2, -0.15) is 0 Å². The lowest BCUT2D eigenvalue weighted by Crippen LogP contribution is -2.39. The summed E-state index contributed by atoms with van der Waals surface area (Å²) in [5.41, 5.74) is 0. The third kappa shape index (κ3) is 6.44. The summed E-state index contributed by atoms with van der Waals surface area (Å²) in [7, 11) is 0. The van der Waals surface area contributed by atoms with Crippen molar-refractivity contribution in [3.8, 4) is 0 Å². The molecule has 0 aliphatic carbocycles. The molecule has 1 rings (SSSR count). The van der Waals surface area contributed by atoms with Crippen LogP contribution in [0, 0.1) is 17.8 Å². The first-order valence-electron chi connectivity index (χ1n) is 8.27. The average molecular weight is 271 g/mol. The van der Waals surface area contributed by atoms with E-state index in [1.165, 1.54) is 6.42 Å². The SMILES string of the molecule is CC.CC.CCC(C)C(C)C(=O)N1CC(C)C[C@H]1C. The van der Waals surface area contributed by atoms with Gasteiger partial charge in [-0.05, 0) is 25.2 Å². The second-order valence-electron chi connectivity index (χ2n) is 5.35. The summed E-state index contributed by atoms with van der Waals surface area (Å²) in [6.07, 6.45) is 2.25. The first-order chi connectivity index (χ1) is 8.97. The van der Waals surface area contributed by atoms with Gasteiger partial charge in [-0.3, -0.25) is 4.79 Å². The van der Waals surface area contributed by atoms with E-state index >= 15 is 0 Å². The molecule has 1 fully saturated rings. The Labute approximate surface area is 122 Å². The Morgan fingerprint density at radius 1 is 1.16 bits per heavy atom. The third-order valence-corrected chi connectivity index (χ3v) is 3.95. The second kappa shape index (κ2) is 11.3. The minimum absolute atomic E-state index is 0.183. The first-order valence-corrected chi connectivity index (χ1v) is 8.27. The minimum atomic E-state index is 0.183. The molecule has 0 aromatic rings. The molecular weight excluding hydrogens is 234 g/mol. The van der Waals surface area contributed by atoms with Gasteiger partial charge in [0.1, 0.15) is 0 Å². The van der Waals surface area contributed by atoms with E-state index in [1.807, 2.05) is 27.7 Å². The summed E-state index contributed by atoms with van der Waals surface area (Å²) in [4.78, 5) is 14.3. The van der Waals surface area contributed by atoms with Gasteiger partial charge in [-0.15, -0.1) is 0 Å². The van der Waals surface area contributed by atoms with Crippen molar-refractivity contribution in [3.05, 3.63) is 0 Å². The van der Waals surface area contributed by atoms with Gasteiger partial charge in [0.05, 0.1) is 0 Å². The number of carbonyl (C=O) groups is 1. The fraction of sp³-hybridized carbons (Fsp3) is 0.941. The van der Waals surface area contributed by atoms with E-state index in [9.17, 15) is 4.79 Å². The summed E-state index contributed by atoms with van der Waals surface area (Å²) in [5.74, 6) is 1.72. The van der Waals surface area contributed by atoms with E-state index in [2.05, 4.69) is 39.5 Å². The van der Waals surface area contributed by atoms with Crippen molar-refractivity contribution in [2.45, 2.75) is 81.2 Å². The van der Waals surface area contributed by atoms with Gasteiger partial charge >= 0.3 is 0 Å². The Bertz CT molecular complexity index is 227. The van der Waals surface area contributed by atoms with E-state index in [0.29, 0.717) is 23.8 Å². The van der Waals surface area contributed by atoms with E-state index in [0.717, 1.165) is 13.0 Å². The van der Waals surface area contributed by atoms with E-state index in [1.54, 1.807) is 0 Å². The highest BCUT2D eigenvalue weighted by Gasteiger charge is 2.33. The summed E-state index contributed by atoms with van der Waals surface area (Å²) >= 11 is 0. The number of nitrogens with zero attached hydrogens (tertiary/aromatic N) is 1. The molecule has 0 saturated carbocycles. The summed E-state index contributed by atoms with van der Waals surface area (Å²) in [5, 5.41) is 0. The zero-order valence-corrected chi connectivity index (χ0v) is 14.8. The van der Waals surface area contributed by atoms with Gasteiger partial charge in [-0.25, -0.2) is 0 Å². The number of amides is 1. The first kappa shape index (κ1) is 20.8. The number of carbonyl (C=O) groups excluding carboxylic acids is 1. The molecule has 0 N–H and O–H groups in total. The standard InChI is InChI=1S/C13H25NO.2C2H6/c1-6-10(3)12(5)13(15)14-8-9(2)7-11(14)4;2*1-2/h9-12H,6-8H2,1-5H3;2*1-2H3/t9?,10?,11-,12?;;/m1../s1. The lowest BCUT2D eigenvalue weighted by molar-refractivity contribution is -0.137. The van der Waals surface area contributed by atoms with Crippen molar-refractivity contribution in [2.75, 3.05) is 6.54 Å². The largest absolute Gasteiger partial charge is 0.339 e. The molecule has 4 atom stereocenters. The molecule has 2 heteroatoms. The Balaban J connectivity index is 0. The van der Waals surface area contributed by atoms with Crippen molar-refractivity contribution >= 4 is 5.91 Å². The van der Waals surface area contributed by atoms with Crippen LogP contribution >= 0.6 is 0 Å². The minimum Gasteiger partial charge on any atom is -0.339 e. The zero-order chi connectivity index (χ0) is 15.6. The fourth-order valence-corrected chi connectivity index (χ4v) is 2.47. The Hall–Kier alpha value is -0.530. The molecule has 1 aliphatic heterocycles. The quantitative estimate of drug-likeness (QED) is 0.709. The fourth-order valence-electron chi connectivity index (χ4n) is 2.47. The van der Waals surface area contributed by atoms with Crippen LogP contribution < -0.4 is 0 Å². The molecule has 0 aromatic heterocycles. The average Bonchev–Trinajstić information content (AvgIpc) is 2.79. The molecule has 1 heterocycles. The van der Waals surface area contributed by atoms with Crippen molar-refractivity contribution in [2.24, 2.45) is 17.8 Å². The van der Waals surface area contributed by atoms with Gasteiger partial charge in [0.15, 0.2) is 0 Å². The Morgan fingerprint density at radius 3 is 1.95 bits per heavy atom. The van der Waals surface area contributed by atoms with Crippen LogP contribution in [0.4, 0.5) is 0 Å². The third-order valence-electron chi connectivity index (χ3n) is 3.95. The van der Waals surface area contributed by atoms with Gasteiger partial charge in [0, 0.05) is 18.5 Å². The van der Waals surface area contributed by atoms with Crippen molar-refractivity contribution in [1.82, 2.24) is 4.90 Å². The molecule has 19 heavy (non-hydrogen) atoms. The lowest BCUT2D eigenvalue weighted by Gasteiger charge is -2.27. The van der Waals surface area contributed by atoms with Crippen molar-refractivity contribution in [1.29, 1.82) is 0 Å². The van der Waals surface area contributed by atoms with E-state index in [-0.39, 0.29) is 5.92 Å². The Morgan fingerprint density at radius 2 is 1.63 bits per heavy atom. The van der Waals surface area contributed by atoms with Crippen LogP contribution in [0.2, 0.25) is 0 Å². The van der Waals surface area contributed by atoms with Crippen LogP contribution in [-0.4, -0.2) is 23.4 Å². The molecule has 116 valence electrons. The van der Waals surface area contributed by atoms with Gasteiger partial charge in [0.2, 0.25) is 5.91 Å². The van der Waals surface area contributed by atoms with Gasteiger partial charge < -0.3 is 4.90 Å². The zero-order valence-electron chi connectivity index (χ0n) is 14.8. The van der Waals surface area contributed by atoms with Gasteiger partial charge in [0.25, 0.3) is 0 Å². The predicted octanol–water partition coefficient (Wildman–Crippen LogP) is 4.98. The van der Waals surface area contributed by atoms with Crippen molar-refractivity contribution in [3.63, 3.8) is 0 Å². The molecule has 0 radical (unpaired) electrons. The van der Waals surface area contributed by atoms with Crippen LogP contribution in [0.15, 0.2) is 0 Å². The molecular formula is C17H37NO. The maximum absolute atomic E-state index is 12.2. The van der Waals surface area contributed by atoms with Gasteiger partial charge in [-0.1, -0.05) is 61.8 Å². The molecule has 0 spiro atoms. The maximum atomic E-state index is 12.2.